The fraction of sp³-hybridized carbons (Fsp3) is 0.550. The molecule has 0 bridgehead atoms. The molecule has 3 heterocycles. The number of nitrogens with one attached hydrogen (secondary N) is 2. The van der Waals surface area contributed by atoms with Gasteiger partial charge in [0.2, 0.25) is 11.8 Å². The Bertz CT molecular complexity index is 877. The van der Waals surface area contributed by atoms with Crippen LogP contribution in [0.4, 0.5) is 5.82 Å². The van der Waals surface area contributed by atoms with Crippen molar-refractivity contribution in [1.82, 2.24) is 25.1 Å². The lowest BCUT2D eigenvalue weighted by Gasteiger charge is -2.28. The van der Waals surface area contributed by atoms with Gasteiger partial charge in [-0.05, 0) is 38.5 Å². The van der Waals surface area contributed by atoms with Crippen LogP contribution in [0.5, 0.6) is 0 Å². The predicted octanol–water partition coefficient (Wildman–Crippen LogP) is 2.31. The number of carbonyl (C=O) groups is 2. The highest BCUT2D eigenvalue weighted by molar-refractivity contribution is 5.92. The summed E-state index contributed by atoms with van der Waals surface area (Å²) in [5.74, 6) is 0.299. The van der Waals surface area contributed by atoms with Gasteiger partial charge in [0, 0.05) is 42.8 Å². The smallest absolute Gasteiger partial charge is 0.228 e. The number of carbonyl (C=O) groups excluding carboxylic acids is 2. The molecular formula is C20H26N6O2. The first kappa shape index (κ1) is 18.6. The van der Waals surface area contributed by atoms with Crippen molar-refractivity contribution in [3.8, 4) is 11.3 Å². The summed E-state index contributed by atoms with van der Waals surface area (Å²) in [7, 11) is 0. The second kappa shape index (κ2) is 8.08. The summed E-state index contributed by atoms with van der Waals surface area (Å²) in [4.78, 5) is 32.6. The molecule has 2 aromatic rings. The molecule has 2 aliphatic rings. The van der Waals surface area contributed by atoms with E-state index in [0.29, 0.717) is 12.2 Å². The van der Waals surface area contributed by atoms with Crippen LogP contribution in [0.25, 0.3) is 11.3 Å². The van der Waals surface area contributed by atoms with E-state index >= 15 is 0 Å². The third-order valence-electron chi connectivity index (χ3n) is 5.63. The third kappa shape index (κ3) is 4.05. The fourth-order valence-corrected chi connectivity index (χ4v) is 4.28. The fourth-order valence-electron chi connectivity index (χ4n) is 4.28. The molecule has 0 saturated heterocycles. The Morgan fingerprint density at radius 3 is 2.93 bits per heavy atom. The minimum absolute atomic E-state index is 0.0447. The molecule has 0 radical (unpaired) electrons. The van der Waals surface area contributed by atoms with Crippen LogP contribution in [0, 0.1) is 5.92 Å². The van der Waals surface area contributed by atoms with Crippen LogP contribution in [0.3, 0.4) is 0 Å². The van der Waals surface area contributed by atoms with E-state index < -0.39 is 0 Å². The Morgan fingerprint density at radius 1 is 1.18 bits per heavy atom. The quantitative estimate of drug-likeness (QED) is 0.845. The van der Waals surface area contributed by atoms with Crippen LogP contribution in [-0.2, 0) is 22.6 Å². The minimum Gasteiger partial charge on any atom is -0.354 e. The molecule has 4 rings (SSSR count). The van der Waals surface area contributed by atoms with Crippen molar-refractivity contribution >= 4 is 17.6 Å². The second-order valence-electron chi connectivity index (χ2n) is 7.72. The minimum atomic E-state index is -0.118. The van der Waals surface area contributed by atoms with Gasteiger partial charge in [-0.2, -0.15) is 5.10 Å². The van der Waals surface area contributed by atoms with E-state index in [2.05, 4.69) is 25.7 Å². The van der Waals surface area contributed by atoms with Crippen LogP contribution in [0.15, 0.2) is 18.6 Å². The van der Waals surface area contributed by atoms with Gasteiger partial charge in [-0.25, -0.2) is 9.97 Å². The van der Waals surface area contributed by atoms with Gasteiger partial charge in [0.15, 0.2) is 0 Å². The molecule has 2 amide bonds. The molecule has 148 valence electrons. The van der Waals surface area contributed by atoms with Crippen LogP contribution in [-0.4, -0.2) is 37.6 Å². The van der Waals surface area contributed by atoms with Crippen molar-refractivity contribution in [2.75, 3.05) is 5.32 Å². The molecule has 0 unspecified atom stereocenters. The van der Waals surface area contributed by atoms with Gasteiger partial charge in [0.25, 0.3) is 0 Å². The number of anilines is 1. The van der Waals surface area contributed by atoms with Gasteiger partial charge in [-0.1, -0.05) is 6.42 Å². The molecule has 0 aromatic carbocycles. The van der Waals surface area contributed by atoms with Crippen molar-refractivity contribution in [2.45, 2.75) is 64.5 Å². The maximum atomic E-state index is 12.7. The van der Waals surface area contributed by atoms with E-state index in [1.807, 2.05) is 16.9 Å². The van der Waals surface area contributed by atoms with E-state index in [-0.39, 0.29) is 23.8 Å². The Labute approximate surface area is 164 Å². The van der Waals surface area contributed by atoms with E-state index in [0.717, 1.165) is 56.3 Å². The monoisotopic (exact) mass is 382 g/mol. The first-order valence-electron chi connectivity index (χ1n) is 10.0. The molecule has 8 heteroatoms. The Morgan fingerprint density at radius 2 is 2.07 bits per heavy atom. The maximum Gasteiger partial charge on any atom is 0.228 e. The Hall–Kier alpha value is -2.77. The molecule has 2 aromatic heterocycles. The normalized spacial score (nSPS) is 21.6. The standard InChI is InChI=1S/C20H26N6O2/c1-13(27)24-15-6-4-5-14(9-15)20(28)25-19-10-17(21-12-22-19)16-11-23-26-8-3-2-7-18(16)26/h10-12,14-15H,2-9H2,1H3,(H,24,27)(H,21,22,25,28)/t14-,15+/m0/s1. The largest absolute Gasteiger partial charge is 0.354 e. The van der Waals surface area contributed by atoms with E-state index in [1.54, 1.807) is 0 Å². The van der Waals surface area contributed by atoms with Crippen molar-refractivity contribution < 1.29 is 9.59 Å². The SMILES string of the molecule is CC(=O)N[C@@H]1CCC[C@H](C(=O)Nc2cc(-c3cnn4c3CCCC4)ncn2)C1. The number of nitrogens with zero attached hydrogens (tertiary/aromatic N) is 4. The van der Waals surface area contributed by atoms with Crippen LogP contribution in [0.1, 0.15) is 51.1 Å². The molecule has 1 fully saturated rings. The van der Waals surface area contributed by atoms with Crippen LogP contribution >= 0.6 is 0 Å². The number of hydrogen-bond acceptors (Lipinski definition) is 5. The topological polar surface area (TPSA) is 102 Å². The van der Waals surface area contributed by atoms with Crippen molar-refractivity contribution in [2.24, 2.45) is 5.92 Å². The summed E-state index contributed by atoms with van der Waals surface area (Å²) in [6.07, 6.45) is 10.00. The Kier molecular flexibility index (Phi) is 5.36. The zero-order chi connectivity index (χ0) is 19.5. The van der Waals surface area contributed by atoms with Crippen LogP contribution in [0.2, 0.25) is 0 Å². The van der Waals surface area contributed by atoms with Crippen molar-refractivity contribution in [3.05, 3.63) is 24.3 Å². The maximum absolute atomic E-state index is 12.7. The molecule has 8 nitrogen and oxygen atoms in total. The summed E-state index contributed by atoms with van der Waals surface area (Å²) < 4.78 is 2.05. The van der Waals surface area contributed by atoms with E-state index in [9.17, 15) is 9.59 Å². The molecular weight excluding hydrogens is 356 g/mol. The van der Waals surface area contributed by atoms with Gasteiger partial charge < -0.3 is 10.6 Å². The zero-order valence-corrected chi connectivity index (χ0v) is 16.1. The lowest BCUT2D eigenvalue weighted by Crippen LogP contribution is -2.40. The summed E-state index contributed by atoms with van der Waals surface area (Å²) in [5.41, 5.74) is 3.00. The lowest BCUT2D eigenvalue weighted by atomic mass is 9.85. The first-order chi connectivity index (χ1) is 13.6. The molecule has 2 N–H and O–H groups in total. The number of rotatable bonds is 4. The molecule has 1 aliphatic carbocycles. The lowest BCUT2D eigenvalue weighted by molar-refractivity contribution is -0.123. The molecule has 0 spiro atoms. The number of fused-ring (bicyclic) bond motifs is 1. The molecule has 2 atom stereocenters. The first-order valence-corrected chi connectivity index (χ1v) is 10.0. The molecule has 1 aliphatic heterocycles. The third-order valence-corrected chi connectivity index (χ3v) is 5.63. The van der Waals surface area contributed by atoms with Gasteiger partial charge in [0.1, 0.15) is 12.1 Å². The van der Waals surface area contributed by atoms with Gasteiger partial charge in [0.05, 0.1) is 11.9 Å². The number of amides is 2. The summed E-state index contributed by atoms with van der Waals surface area (Å²) >= 11 is 0. The highest BCUT2D eigenvalue weighted by Crippen LogP contribution is 2.28. The second-order valence-corrected chi connectivity index (χ2v) is 7.72. The molecule has 1 saturated carbocycles. The zero-order valence-electron chi connectivity index (χ0n) is 16.1. The summed E-state index contributed by atoms with van der Waals surface area (Å²) in [6, 6.07) is 1.89. The average Bonchev–Trinajstić information content (AvgIpc) is 3.12. The van der Waals surface area contributed by atoms with Gasteiger partial charge in [-0.3, -0.25) is 14.3 Å². The number of hydrogen-bond donors (Lipinski definition) is 2. The van der Waals surface area contributed by atoms with E-state index in [4.69, 9.17) is 0 Å². The van der Waals surface area contributed by atoms with Crippen molar-refractivity contribution in [3.63, 3.8) is 0 Å². The summed E-state index contributed by atoms with van der Waals surface area (Å²) in [5, 5.41) is 10.3. The number of aromatic nitrogens is 4. The van der Waals surface area contributed by atoms with Gasteiger partial charge in [-0.15, -0.1) is 0 Å². The highest BCUT2D eigenvalue weighted by Gasteiger charge is 2.28. The molecule has 28 heavy (non-hydrogen) atoms. The highest BCUT2D eigenvalue weighted by atomic mass is 16.2. The van der Waals surface area contributed by atoms with Crippen LogP contribution < -0.4 is 10.6 Å². The van der Waals surface area contributed by atoms with Gasteiger partial charge >= 0.3 is 0 Å². The Balaban J connectivity index is 1.45. The average molecular weight is 382 g/mol. The summed E-state index contributed by atoms with van der Waals surface area (Å²) in [6.45, 7) is 2.46. The van der Waals surface area contributed by atoms with Crippen molar-refractivity contribution in [1.29, 1.82) is 0 Å². The number of aryl methyl sites for hydroxylation is 1. The predicted molar refractivity (Wildman–Crippen MR) is 104 cm³/mol. The van der Waals surface area contributed by atoms with E-state index in [1.165, 1.54) is 18.9 Å².